The molecule has 0 radical (unpaired) electrons. The normalized spacial score (nSPS) is 13.9. The predicted molar refractivity (Wildman–Crippen MR) is 241 cm³/mol. The Morgan fingerprint density at radius 1 is 0.536 bits per heavy atom. The molecule has 3 unspecified atom stereocenters. The molecule has 0 aromatic carbocycles. The first-order valence-electron chi connectivity index (χ1n) is 23.5. The Hall–Kier alpha value is -2.44. The molecule has 0 rings (SSSR count). The highest BCUT2D eigenvalue weighted by molar-refractivity contribution is 5.77. The maximum Gasteiger partial charge on any atom is 0.306 e. The average Bonchev–Trinajstić information content (AvgIpc) is 3.19. The Morgan fingerprint density at radius 3 is 1.36 bits per heavy atom. The molecule has 3 N–H and O–H groups in total. The second-order valence-corrected chi connectivity index (χ2v) is 15.8. The molecular formula is C50H89NO5. The number of nitrogens with one attached hydrogen (secondary N) is 1. The number of allylic oxidation sites excluding steroid dienone is 10. The van der Waals surface area contributed by atoms with Gasteiger partial charge in [-0.05, 0) is 57.8 Å². The van der Waals surface area contributed by atoms with Crippen molar-refractivity contribution in [2.75, 3.05) is 6.61 Å². The number of unbranched alkanes of at least 4 members (excludes halogenated alkanes) is 19. The molecule has 0 aliphatic carbocycles. The lowest BCUT2D eigenvalue weighted by Crippen LogP contribution is -2.46. The molecule has 0 aliphatic heterocycles. The first-order valence-corrected chi connectivity index (χ1v) is 23.5. The van der Waals surface area contributed by atoms with E-state index in [9.17, 15) is 19.8 Å². The lowest BCUT2D eigenvalue weighted by Gasteiger charge is -2.24. The summed E-state index contributed by atoms with van der Waals surface area (Å²) in [4.78, 5) is 26.0. The largest absolute Gasteiger partial charge is 0.462 e. The van der Waals surface area contributed by atoms with Crippen LogP contribution in [0.25, 0.3) is 0 Å². The van der Waals surface area contributed by atoms with Crippen LogP contribution in [0.2, 0.25) is 0 Å². The molecule has 3 atom stereocenters. The average molecular weight is 784 g/mol. The summed E-state index contributed by atoms with van der Waals surface area (Å²) in [5.74, 6) is -0.573. The van der Waals surface area contributed by atoms with Gasteiger partial charge < -0.3 is 20.3 Å². The van der Waals surface area contributed by atoms with E-state index in [4.69, 9.17) is 4.74 Å². The van der Waals surface area contributed by atoms with Crippen LogP contribution in [0.15, 0.2) is 60.8 Å². The molecule has 1 amide bonds. The van der Waals surface area contributed by atoms with Crippen LogP contribution in [-0.4, -0.2) is 46.9 Å². The summed E-state index contributed by atoms with van der Waals surface area (Å²) in [6.45, 7) is 6.32. The summed E-state index contributed by atoms with van der Waals surface area (Å²) in [6.07, 6.45) is 52.9. The van der Waals surface area contributed by atoms with E-state index in [0.29, 0.717) is 19.3 Å². The number of amides is 1. The van der Waals surface area contributed by atoms with Crippen molar-refractivity contribution < 1.29 is 24.5 Å². The standard InChI is InChI=1S/C50H89NO5/c1-4-7-10-13-16-19-22-23-24-25-26-28-31-34-37-40-43-50(55)56-46(41-38-35-32-29-21-18-15-12-9-6-3)44-49(54)51-47(45-52)48(53)42-39-36-33-30-27-20-17-14-11-8-5-2/h7,10,16,19,23-24,26,28,34,37,46-48,52-53H,4-6,8-9,11-15,17-18,20-22,25,27,29-33,35-36,38-45H2,1-3H3,(H,51,54)/b10-7+,19-16+,24-23+,28-26+,37-34+. The number of ether oxygens (including phenoxy) is 1. The number of esters is 1. The molecule has 0 aromatic rings. The lowest BCUT2D eigenvalue weighted by molar-refractivity contribution is -0.150. The van der Waals surface area contributed by atoms with Crippen molar-refractivity contribution in [2.24, 2.45) is 0 Å². The second kappa shape index (κ2) is 43.7. The Labute approximate surface area is 346 Å². The van der Waals surface area contributed by atoms with Crippen molar-refractivity contribution in [3.8, 4) is 0 Å². The SMILES string of the molecule is CC/C=C/C/C=C/C/C=C/C/C=C/C/C=C/CCC(=O)OC(CCCCCCCCCCCC)CC(=O)NC(CO)C(O)CCCCCCCCCCCCC. The third kappa shape index (κ3) is 38.4. The number of aliphatic hydroxyl groups excluding tert-OH is 2. The number of rotatable bonds is 41. The molecule has 6 heteroatoms. The van der Waals surface area contributed by atoms with E-state index in [2.05, 4.69) is 80.8 Å². The molecule has 0 spiro atoms. The summed E-state index contributed by atoms with van der Waals surface area (Å²) in [7, 11) is 0. The van der Waals surface area contributed by atoms with Gasteiger partial charge >= 0.3 is 5.97 Å². The van der Waals surface area contributed by atoms with Gasteiger partial charge in [0, 0.05) is 6.42 Å². The fraction of sp³-hybridized carbons (Fsp3) is 0.760. The summed E-state index contributed by atoms with van der Waals surface area (Å²) >= 11 is 0. The maximum absolute atomic E-state index is 13.1. The van der Waals surface area contributed by atoms with Gasteiger partial charge in [-0.3, -0.25) is 9.59 Å². The molecule has 0 saturated carbocycles. The minimum Gasteiger partial charge on any atom is -0.462 e. The summed E-state index contributed by atoms with van der Waals surface area (Å²) < 4.78 is 5.86. The Kier molecular flexibility index (Phi) is 41.8. The van der Waals surface area contributed by atoms with Crippen molar-refractivity contribution in [3.63, 3.8) is 0 Å². The van der Waals surface area contributed by atoms with Crippen LogP contribution in [0.4, 0.5) is 0 Å². The number of carbonyl (C=O) groups excluding carboxylic acids is 2. The molecule has 0 aliphatic rings. The van der Waals surface area contributed by atoms with E-state index in [-0.39, 0.29) is 31.3 Å². The zero-order valence-corrected chi connectivity index (χ0v) is 36.8. The Morgan fingerprint density at radius 2 is 0.929 bits per heavy atom. The van der Waals surface area contributed by atoms with Gasteiger partial charge in [0.1, 0.15) is 6.10 Å². The second-order valence-electron chi connectivity index (χ2n) is 15.8. The minimum atomic E-state index is -0.797. The smallest absolute Gasteiger partial charge is 0.306 e. The van der Waals surface area contributed by atoms with Crippen LogP contribution in [0.3, 0.4) is 0 Å². The fourth-order valence-corrected chi connectivity index (χ4v) is 6.83. The van der Waals surface area contributed by atoms with E-state index in [1.54, 1.807) is 0 Å². The van der Waals surface area contributed by atoms with Crippen LogP contribution in [-0.2, 0) is 14.3 Å². The Bertz CT molecular complexity index is 1010. The van der Waals surface area contributed by atoms with E-state index in [1.807, 2.05) is 6.08 Å². The van der Waals surface area contributed by atoms with Gasteiger partial charge in [-0.25, -0.2) is 0 Å². The molecule has 6 nitrogen and oxygen atoms in total. The van der Waals surface area contributed by atoms with Crippen molar-refractivity contribution in [1.29, 1.82) is 0 Å². The van der Waals surface area contributed by atoms with E-state index in [0.717, 1.165) is 70.6 Å². The van der Waals surface area contributed by atoms with E-state index in [1.165, 1.54) is 96.3 Å². The third-order valence-electron chi connectivity index (χ3n) is 10.4. The number of aliphatic hydroxyl groups is 2. The fourth-order valence-electron chi connectivity index (χ4n) is 6.83. The molecule has 0 heterocycles. The molecule has 0 saturated heterocycles. The molecule has 324 valence electrons. The highest BCUT2D eigenvalue weighted by Crippen LogP contribution is 2.17. The maximum atomic E-state index is 13.1. The Balaban J connectivity index is 4.66. The van der Waals surface area contributed by atoms with Crippen LogP contribution in [0.5, 0.6) is 0 Å². The van der Waals surface area contributed by atoms with Crippen molar-refractivity contribution in [3.05, 3.63) is 60.8 Å². The van der Waals surface area contributed by atoms with E-state index < -0.39 is 18.2 Å². The van der Waals surface area contributed by atoms with E-state index >= 15 is 0 Å². The van der Waals surface area contributed by atoms with Crippen molar-refractivity contribution in [1.82, 2.24) is 5.32 Å². The van der Waals surface area contributed by atoms with Crippen LogP contribution >= 0.6 is 0 Å². The zero-order chi connectivity index (χ0) is 41.0. The summed E-state index contributed by atoms with van der Waals surface area (Å²) in [5.41, 5.74) is 0. The van der Waals surface area contributed by atoms with Crippen molar-refractivity contribution >= 4 is 11.9 Å². The summed E-state index contributed by atoms with van der Waals surface area (Å²) in [5, 5.41) is 23.6. The molecule has 56 heavy (non-hydrogen) atoms. The highest BCUT2D eigenvalue weighted by atomic mass is 16.5. The monoisotopic (exact) mass is 784 g/mol. The predicted octanol–water partition coefficient (Wildman–Crippen LogP) is 13.7. The zero-order valence-electron chi connectivity index (χ0n) is 36.8. The van der Waals surface area contributed by atoms with Gasteiger partial charge in [0.2, 0.25) is 5.91 Å². The van der Waals surface area contributed by atoms with Crippen LogP contribution < -0.4 is 5.32 Å². The van der Waals surface area contributed by atoms with Crippen molar-refractivity contribution in [2.45, 2.75) is 238 Å². The quantitative estimate of drug-likeness (QED) is 0.0326. The lowest BCUT2D eigenvalue weighted by atomic mass is 10.0. The van der Waals surface area contributed by atoms with Crippen LogP contribution in [0.1, 0.15) is 220 Å². The van der Waals surface area contributed by atoms with Crippen LogP contribution in [0, 0.1) is 0 Å². The number of carbonyl (C=O) groups is 2. The number of hydrogen-bond donors (Lipinski definition) is 3. The number of hydrogen-bond acceptors (Lipinski definition) is 5. The van der Waals surface area contributed by atoms with Gasteiger partial charge in [0.25, 0.3) is 0 Å². The third-order valence-corrected chi connectivity index (χ3v) is 10.4. The topological polar surface area (TPSA) is 95.9 Å². The molecular weight excluding hydrogens is 695 g/mol. The van der Waals surface area contributed by atoms with Gasteiger partial charge in [-0.2, -0.15) is 0 Å². The van der Waals surface area contributed by atoms with Gasteiger partial charge in [0.15, 0.2) is 0 Å². The first-order chi connectivity index (χ1) is 27.5. The first kappa shape index (κ1) is 53.6. The van der Waals surface area contributed by atoms with Gasteiger partial charge in [-0.15, -0.1) is 0 Å². The minimum absolute atomic E-state index is 0.0481. The van der Waals surface area contributed by atoms with Gasteiger partial charge in [-0.1, -0.05) is 210 Å². The molecule has 0 aromatic heterocycles. The summed E-state index contributed by atoms with van der Waals surface area (Å²) in [6, 6.07) is -0.713. The molecule has 0 bridgehead atoms. The molecule has 0 fully saturated rings. The van der Waals surface area contributed by atoms with Gasteiger partial charge in [0.05, 0.1) is 25.2 Å². The highest BCUT2D eigenvalue weighted by Gasteiger charge is 2.24.